The number of nitrogens with zero attached hydrogens (tertiary/aromatic N) is 1. The molecule has 1 amide bonds. The molecule has 0 aromatic carbocycles. The molecule has 21 heavy (non-hydrogen) atoms. The van der Waals surface area contributed by atoms with Crippen LogP contribution in [0.1, 0.15) is 57.2 Å². The van der Waals surface area contributed by atoms with Gasteiger partial charge in [-0.1, -0.05) is 12.2 Å². The van der Waals surface area contributed by atoms with E-state index in [1.165, 1.54) is 0 Å². The van der Waals surface area contributed by atoms with Gasteiger partial charge in [0.1, 0.15) is 10.2 Å². The highest BCUT2D eigenvalue weighted by Gasteiger charge is 2.32. The van der Waals surface area contributed by atoms with Crippen molar-refractivity contribution in [3.63, 3.8) is 0 Å². The van der Waals surface area contributed by atoms with Gasteiger partial charge in [-0.15, -0.1) is 0 Å². The van der Waals surface area contributed by atoms with Crippen LogP contribution < -0.4 is 0 Å². The summed E-state index contributed by atoms with van der Waals surface area (Å²) in [4.78, 5) is 17.4. The van der Waals surface area contributed by atoms with Crippen molar-refractivity contribution in [2.75, 3.05) is 6.54 Å². The minimum absolute atomic E-state index is 0.0699. The highest BCUT2D eigenvalue weighted by Crippen LogP contribution is 2.33. The Labute approximate surface area is 131 Å². The number of amides is 1. The van der Waals surface area contributed by atoms with Crippen LogP contribution in [-0.2, 0) is 4.74 Å². The summed E-state index contributed by atoms with van der Waals surface area (Å²) in [5.74, 6) is 0. The van der Waals surface area contributed by atoms with Crippen LogP contribution in [0.5, 0.6) is 0 Å². The number of likely N-dealkylation sites (tertiary alicyclic amines) is 1. The highest BCUT2D eigenvalue weighted by atomic mass is 32.1. The predicted octanol–water partition coefficient (Wildman–Crippen LogP) is 4.51. The first-order chi connectivity index (χ1) is 9.78. The van der Waals surface area contributed by atoms with Crippen LogP contribution in [0.3, 0.4) is 0 Å². The van der Waals surface area contributed by atoms with Crippen molar-refractivity contribution in [2.24, 2.45) is 0 Å². The quantitative estimate of drug-likeness (QED) is 0.776. The molecule has 0 aliphatic carbocycles. The van der Waals surface area contributed by atoms with Crippen LogP contribution >= 0.6 is 12.2 Å². The molecule has 0 bridgehead atoms. The fourth-order valence-corrected chi connectivity index (χ4v) is 2.97. The van der Waals surface area contributed by atoms with E-state index in [0.29, 0.717) is 0 Å². The number of carbonyl (C=O) groups is 1. The number of nitrogens with one attached hydrogen (secondary N) is 1. The summed E-state index contributed by atoms with van der Waals surface area (Å²) in [6.45, 7) is 8.48. The van der Waals surface area contributed by atoms with E-state index in [1.807, 2.05) is 44.9 Å². The predicted molar refractivity (Wildman–Crippen MR) is 85.9 cm³/mol. The van der Waals surface area contributed by atoms with Gasteiger partial charge >= 0.3 is 6.09 Å². The number of hydrogen-bond donors (Lipinski definition) is 1. The van der Waals surface area contributed by atoms with E-state index < -0.39 is 5.60 Å². The summed E-state index contributed by atoms with van der Waals surface area (Å²) < 4.78 is 6.27. The lowest BCUT2D eigenvalue weighted by atomic mass is 9.94. The van der Waals surface area contributed by atoms with Gasteiger partial charge in [0, 0.05) is 12.7 Å². The average molecular weight is 308 g/mol. The number of ether oxygens (including phenoxy) is 1. The zero-order valence-electron chi connectivity index (χ0n) is 13.2. The first-order valence-electron chi connectivity index (χ1n) is 7.47. The maximum absolute atomic E-state index is 12.4. The van der Waals surface area contributed by atoms with E-state index in [-0.39, 0.29) is 12.1 Å². The van der Waals surface area contributed by atoms with E-state index in [0.717, 1.165) is 41.6 Å². The summed E-state index contributed by atoms with van der Waals surface area (Å²) in [5.41, 5.74) is 1.79. The first-order valence-corrected chi connectivity index (χ1v) is 7.87. The van der Waals surface area contributed by atoms with Crippen LogP contribution in [0.4, 0.5) is 4.79 Å². The Morgan fingerprint density at radius 1 is 1.43 bits per heavy atom. The molecule has 5 heteroatoms. The Kier molecular flexibility index (Phi) is 4.71. The molecular formula is C16H24N2O2S. The van der Waals surface area contributed by atoms with Crippen molar-refractivity contribution in [3.05, 3.63) is 28.0 Å². The lowest BCUT2D eigenvalue weighted by Gasteiger charge is -2.37. The Balaban J connectivity index is 2.26. The summed E-state index contributed by atoms with van der Waals surface area (Å²) in [6.07, 6.45) is 4.82. The second-order valence-electron chi connectivity index (χ2n) is 6.62. The minimum Gasteiger partial charge on any atom is -0.444 e. The molecule has 0 unspecified atom stereocenters. The lowest BCUT2D eigenvalue weighted by molar-refractivity contribution is 0.00942. The Bertz CT molecular complexity index is 574. The van der Waals surface area contributed by atoms with Crippen molar-refractivity contribution in [2.45, 2.75) is 58.6 Å². The molecule has 1 aromatic heterocycles. The number of carbonyl (C=O) groups excluding carboxylic acids is 1. The number of aryl methyl sites for hydroxylation is 1. The van der Waals surface area contributed by atoms with Crippen LogP contribution in [0.15, 0.2) is 12.3 Å². The van der Waals surface area contributed by atoms with Crippen molar-refractivity contribution >= 4 is 18.3 Å². The standard InChI is InChI=1S/C16H24N2O2S/c1-11-9-14(21)17-10-12(11)13-7-5-6-8-18(13)15(19)20-16(2,3)4/h9-10,13H,5-8H2,1-4H3,(H,17,21)/t13-/m1/s1. The Hall–Kier alpha value is -1.36. The SMILES string of the molecule is Cc1cc(=S)[nH]cc1[C@H]1CCCCN1C(=O)OC(C)(C)C. The number of H-pyrrole nitrogens is 1. The zero-order valence-corrected chi connectivity index (χ0v) is 14.0. The summed E-state index contributed by atoms with van der Waals surface area (Å²) in [7, 11) is 0. The maximum Gasteiger partial charge on any atom is 0.410 e. The van der Waals surface area contributed by atoms with Crippen LogP contribution in [-0.4, -0.2) is 28.1 Å². The van der Waals surface area contributed by atoms with Crippen molar-refractivity contribution in [1.82, 2.24) is 9.88 Å². The molecule has 0 saturated carbocycles. The van der Waals surface area contributed by atoms with E-state index in [9.17, 15) is 4.79 Å². The summed E-state index contributed by atoms with van der Waals surface area (Å²) in [5, 5.41) is 0. The van der Waals surface area contributed by atoms with Crippen LogP contribution in [0, 0.1) is 11.6 Å². The smallest absolute Gasteiger partial charge is 0.410 e. The molecular weight excluding hydrogens is 284 g/mol. The van der Waals surface area contributed by atoms with Crippen molar-refractivity contribution in [1.29, 1.82) is 0 Å². The normalized spacial score (nSPS) is 19.4. The number of aromatic amines is 1. The second-order valence-corrected chi connectivity index (χ2v) is 7.06. The number of pyridine rings is 1. The van der Waals surface area contributed by atoms with Crippen molar-refractivity contribution < 1.29 is 9.53 Å². The molecule has 1 aliphatic rings. The van der Waals surface area contributed by atoms with Crippen LogP contribution in [0.25, 0.3) is 0 Å². The average Bonchev–Trinajstić information content (AvgIpc) is 2.37. The lowest BCUT2D eigenvalue weighted by Crippen LogP contribution is -2.42. The van der Waals surface area contributed by atoms with Gasteiger partial charge in [0.2, 0.25) is 0 Å². The zero-order chi connectivity index (χ0) is 15.6. The van der Waals surface area contributed by atoms with Gasteiger partial charge in [0.05, 0.1) is 6.04 Å². The molecule has 1 N–H and O–H groups in total. The summed E-state index contributed by atoms with van der Waals surface area (Å²) in [6, 6.07) is 2.02. The minimum atomic E-state index is -0.468. The number of piperidine rings is 1. The third kappa shape index (κ3) is 4.06. The molecule has 1 atom stereocenters. The third-order valence-electron chi connectivity index (χ3n) is 3.66. The monoisotopic (exact) mass is 308 g/mol. The molecule has 1 aliphatic heterocycles. The van der Waals surface area contributed by atoms with E-state index in [1.54, 1.807) is 0 Å². The topological polar surface area (TPSA) is 45.3 Å². The molecule has 1 fully saturated rings. The number of aromatic nitrogens is 1. The van der Waals surface area contributed by atoms with Gasteiger partial charge in [-0.05, 0) is 64.2 Å². The molecule has 2 heterocycles. The molecule has 4 nitrogen and oxygen atoms in total. The molecule has 116 valence electrons. The molecule has 1 aromatic rings. The van der Waals surface area contributed by atoms with Gasteiger partial charge in [0.25, 0.3) is 0 Å². The van der Waals surface area contributed by atoms with Gasteiger partial charge in [-0.25, -0.2) is 4.79 Å². The van der Waals surface area contributed by atoms with E-state index in [4.69, 9.17) is 17.0 Å². The van der Waals surface area contributed by atoms with Crippen LogP contribution in [0.2, 0.25) is 0 Å². The fourth-order valence-electron chi connectivity index (χ4n) is 2.74. The molecule has 1 saturated heterocycles. The van der Waals surface area contributed by atoms with Gasteiger partial charge < -0.3 is 14.6 Å². The van der Waals surface area contributed by atoms with Gasteiger partial charge in [-0.3, -0.25) is 0 Å². The Morgan fingerprint density at radius 2 is 2.14 bits per heavy atom. The Morgan fingerprint density at radius 3 is 2.76 bits per heavy atom. The van der Waals surface area contributed by atoms with E-state index >= 15 is 0 Å². The molecule has 0 radical (unpaired) electrons. The number of rotatable bonds is 1. The van der Waals surface area contributed by atoms with Gasteiger partial charge in [-0.2, -0.15) is 0 Å². The van der Waals surface area contributed by atoms with Gasteiger partial charge in [0.15, 0.2) is 0 Å². The van der Waals surface area contributed by atoms with Crippen molar-refractivity contribution in [3.8, 4) is 0 Å². The fraction of sp³-hybridized carbons (Fsp3) is 0.625. The highest BCUT2D eigenvalue weighted by molar-refractivity contribution is 7.71. The summed E-state index contributed by atoms with van der Waals surface area (Å²) >= 11 is 5.15. The molecule has 2 rings (SSSR count). The largest absolute Gasteiger partial charge is 0.444 e. The third-order valence-corrected chi connectivity index (χ3v) is 3.90. The number of hydrogen-bond acceptors (Lipinski definition) is 3. The maximum atomic E-state index is 12.4. The first kappa shape index (κ1) is 16.0. The molecule has 0 spiro atoms. The van der Waals surface area contributed by atoms with E-state index in [2.05, 4.69) is 4.98 Å². The second kappa shape index (κ2) is 6.18.